The standard InChI is InChI=1S/C22H31NO3/c1-25-16-14-20-10-12-22(13-11-20)26-18-21(24)17-23-15-6-5-9-19-7-3-2-4-8-19/h2-4,7-8,10-13,21,23-24H,5-6,9,14-18H2,1H3. The van der Waals surface area contributed by atoms with Gasteiger partial charge in [-0.15, -0.1) is 0 Å². The second-order valence-electron chi connectivity index (χ2n) is 6.50. The van der Waals surface area contributed by atoms with Crippen molar-refractivity contribution >= 4 is 0 Å². The summed E-state index contributed by atoms with van der Waals surface area (Å²) in [6, 6.07) is 18.5. The van der Waals surface area contributed by atoms with E-state index < -0.39 is 6.10 Å². The zero-order chi connectivity index (χ0) is 18.5. The van der Waals surface area contributed by atoms with Gasteiger partial charge >= 0.3 is 0 Å². The van der Waals surface area contributed by atoms with Gasteiger partial charge in [0.15, 0.2) is 0 Å². The fourth-order valence-corrected chi connectivity index (χ4v) is 2.72. The highest BCUT2D eigenvalue weighted by Crippen LogP contribution is 2.13. The number of benzene rings is 2. The van der Waals surface area contributed by atoms with Crippen LogP contribution in [0.3, 0.4) is 0 Å². The van der Waals surface area contributed by atoms with E-state index >= 15 is 0 Å². The number of aliphatic hydroxyl groups excluding tert-OH is 1. The predicted molar refractivity (Wildman–Crippen MR) is 106 cm³/mol. The fourth-order valence-electron chi connectivity index (χ4n) is 2.72. The van der Waals surface area contributed by atoms with E-state index in [4.69, 9.17) is 9.47 Å². The van der Waals surface area contributed by atoms with Crippen molar-refractivity contribution in [3.8, 4) is 5.75 Å². The van der Waals surface area contributed by atoms with Crippen molar-refractivity contribution < 1.29 is 14.6 Å². The van der Waals surface area contributed by atoms with Gasteiger partial charge in [-0.2, -0.15) is 0 Å². The first-order valence-corrected chi connectivity index (χ1v) is 9.41. The number of aryl methyl sites for hydroxylation is 1. The van der Waals surface area contributed by atoms with Crippen LogP contribution in [0.1, 0.15) is 24.0 Å². The molecule has 2 rings (SSSR count). The molecule has 0 spiro atoms. The number of hydrogen-bond acceptors (Lipinski definition) is 4. The van der Waals surface area contributed by atoms with Crippen molar-refractivity contribution in [2.24, 2.45) is 0 Å². The second kappa shape index (κ2) is 12.5. The van der Waals surface area contributed by atoms with Crippen LogP contribution in [0.2, 0.25) is 0 Å². The molecule has 0 saturated heterocycles. The van der Waals surface area contributed by atoms with Crippen LogP contribution in [0.25, 0.3) is 0 Å². The molecule has 0 bridgehead atoms. The summed E-state index contributed by atoms with van der Waals surface area (Å²) < 4.78 is 10.7. The van der Waals surface area contributed by atoms with E-state index in [1.807, 2.05) is 30.3 Å². The predicted octanol–water partition coefficient (Wildman–Crippen LogP) is 3.23. The highest BCUT2D eigenvalue weighted by molar-refractivity contribution is 5.27. The normalized spacial score (nSPS) is 12.1. The minimum Gasteiger partial charge on any atom is -0.491 e. The molecule has 0 heterocycles. The lowest BCUT2D eigenvalue weighted by Crippen LogP contribution is -2.32. The van der Waals surface area contributed by atoms with Crippen LogP contribution in [0.4, 0.5) is 0 Å². The third-order valence-electron chi connectivity index (χ3n) is 4.25. The molecule has 0 radical (unpaired) electrons. The van der Waals surface area contributed by atoms with Crippen molar-refractivity contribution in [1.29, 1.82) is 0 Å². The van der Waals surface area contributed by atoms with Crippen molar-refractivity contribution in [1.82, 2.24) is 5.32 Å². The Hall–Kier alpha value is -1.88. The summed E-state index contributed by atoms with van der Waals surface area (Å²) in [5, 5.41) is 13.3. The average molecular weight is 357 g/mol. The monoisotopic (exact) mass is 357 g/mol. The number of rotatable bonds is 13. The first-order chi connectivity index (χ1) is 12.8. The summed E-state index contributed by atoms with van der Waals surface area (Å²) in [6.45, 7) is 2.49. The molecule has 0 aromatic heterocycles. The Bertz CT molecular complexity index is 586. The van der Waals surface area contributed by atoms with Gasteiger partial charge in [-0.1, -0.05) is 42.5 Å². The Balaban J connectivity index is 1.51. The molecule has 0 amide bonds. The van der Waals surface area contributed by atoms with Gasteiger partial charge in [-0.05, 0) is 55.5 Å². The molecule has 2 aromatic carbocycles. The molecule has 0 aliphatic heterocycles. The van der Waals surface area contributed by atoms with Gasteiger partial charge in [-0.3, -0.25) is 0 Å². The quantitative estimate of drug-likeness (QED) is 0.541. The number of methoxy groups -OCH3 is 1. The van der Waals surface area contributed by atoms with Crippen LogP contribution in [0.5, 0.6) is 5.75 Å². The highest BCUT2D eigenvalue weighted by Gasteiger charge is 2.05. The molecule has 1 atom stereocenters. The second-order valence-corrected chi connectivity index (χ2v) is 6.50. The summed E-state index contributed by atoms with van der Waals surface area (Å²) in [5.74, 6) is 0.785. The van der Waals surface area contributed by atoms with Gasteiger partial charge in [0.1, 0.15) is 18.5 Å². The largest absolute Gasteiger partial charge is 0.491 e. The van der Waals surface area contributed by atoms with Gasteiger partial charge in [0.25, 0.3) is 0 Å². The molecule has 0 saturated carbocycles. The number of ether oxygens (including phenoxy) is 2. The van der Waals surface area contributed by atoms with Gasteiger partial charge in [0.05, 0.1) is 6.61 Å². The lowest BCUT2D eigenvalue weighted by atomic mass is 10.1. The van der Waals surface area contributed by atoms with Crippen LogP contribution in [0, 0.1) is 0 Å². The third kappa shape index (κ3) is 8.48. The molecule has 0 aliphatic carbocycles. The van der Waals surface area contributed by atoms with Gasteiger partial charge in [0, 0.05) is 13.7 Å². The SMILES string of the molecule is COCCc1ccc(OCC(O)CNCCCCc2ccccc2)cc1. The Morgan fingerprint density at radius 1 is 0.923 bits per heavy atom. The van der Waals surface area contributed by atoms with E-state index in [0.29, 0.717) is 13.2 Å². The Kier molecular flexibility index (Phi) is 9.80. The molecule has 4 nitrogen and oxygen atoms in total. The van der Waals surface area contributed by atoms with Crippen molar-refractivity contribution in [3.63, 3.8) is 0 Å². The number of hydrogen-bond donors (Lipinski definition) is 2. The molecule has 1 unspecified atom stereocenters. The van der Waals surface area contributed by atoms with E-state index in [9.17, 15) is 5.11 Å². The summed E-state index contributed by atoms with van der Waals surface area (Å²) in [5.41, 5.74) is 2.60. The maximum Gasteiger partial charge on any atom is 0.119 e. The molecular weight excluding hydrogens is 326 g/mol. The molecule has 26 heavy (non-hydrogen) atoms. The summed E-state index contributed by atoms with van der Waals surface area (Å²) in [6.07, 6.45) is 3.75. The maximum atomic E-state index is 10.0. The molecule has 0 aliphatic rings. The average Bonchev–Trinajstić information content (AvgIpc) is 2.69. The van der Waals surface area contributed by atoms with Crippen LogP contribution in [-0.4, -0.2) is 44.6 Å². The highest BCUT2D eigenvalue weighted by atomic mass is 16.5. The lowest BCUT2D eigenvalue weighted by molar-refractivity contribution is 0.106. The van der Waals surface area contributed by atoms with Gasteiger partial charge in [-0.25, -0.2) is 0 Å². The lowest BCUT2D eigenvalue weighted by Gasteiger charge is -2.13. The van der Waals surface area contributed by atoms with Crippen molar-refractivity contribution in [2.75, 3.05) is 33.4 Å². The number of aliphatic hydroxyl groups is 1. The van der Waals surface area contributed by atoms with Crippen LogP contribution in [-0.2, 0) is 17.6 Å². The van der Waals surface area contributed by atoms with Gasteiger partial charge in [0.2, 0.25) is 0 Å². The van der Waals surface area contributed by atoms with E-state index in [2.05, 4.69) is 29.6 Å². The first kappa shape index (κ1) is 20.4. The van der Waals surface area contributed by atoms with E-state index in [1.165, 1.54) is 11.1 Å². The van der Waals surface area contributed by atoms with Crippen LogP contribution < -0.4 is 10.1 Å². The van der Waals surface area contributed by atoms with E-state index in [1.54, 1.807) is 7.11 Å². The van der Waals surface area contributed by atoms with Crippen LogP contribution >= 0.6 is 0 Å². The third-order valence-corrected chi connectivity index (χ3v) is 4.25. The van der Waals surface area contributed by atoms with E-state index in [0.717, 1.165) is 44.6 Å². The summed E-state index contributed by atoms with van der Waals surface area (Å²) >= 11 is 0. The fraction of sp³-hybridized carbons (Fsp3) is 0.455. The molecule has 2 N–H and O–H groups in total. The number of nitrogens with one attached hydrogen (secondary N) is 1. The molecule has 4 heteroatoms. The molecule has 0 fully saturated rings. The zero-order valence-corrected chi connectivity index (χ0v) is 15.7. The molecule has 2 aromatic rings. The molecule has 142 valence electrons. The Morgan fingerprint density at radius 3 is 2.38 bits per heavy atom. The van der Waals surface area contributed by atoms with Crippen LogP contribution in [0.15, 0.2) is 54.6 Å². The number of unbranched alkanes of at least 4 members (excludes halogenated alkanes) is 1. The Labute approximate surface area is 157 Å². The summed E-state index contributed by atoms with van der Waals surface area (Å²) in [4.78, 5) is 0. The Morgan fingerprint density at radius 2 is 1.65 bits per heavy atom. The zero-order valence-electron chi connectivity index (χ0n) is 15.7. The maximum absolute atomic E-state index is 10.0. The first-order valence-electron chi connectivity index (χ1n) is 9.41. The van der Waals surface area contributed by atoms with Crippen molar-refractivity contribution in [2.45, 2.75) is 31.8 Å². The van der Waals surface area contributed by atoms with Gasteiger partial charge < -0.3 is 19.9 Å². The summed E-state index contributed by atoms with van der Waals surface area (Å²) in [7, 11) is 1.70. The minimum atomic E-state index is -0.503. The van der Waals surface area contributed by atoms with E-state index in [-0.39, 0.29) is 0 Å². The topological polar surface area (TPSA) is 50.7 Å². The molecular formula is C22H31NO3. The smallest absolute Gasteiger partial charge is 0.119 e. The minimum absolute atomic E-state index is 0.300. The van der Waals surface area contributed by atoms with Crippen molar-refractivity contribution in [3.05, 3.63) is 65.7 Å².